The SMILES string of the molecule is O=C(Cc1ccccc1)OCc1ccc(Oc2ccc([N+](=O)[O-])cc2)cc1. The van der Waals surface area contributed by atoms with Gasteiger partial charge >= 0.3 is 5.97 Å². The first-order valence-corrected chi connectivity index (χ1v) is 8.31. The number of esters is 1. The second-order valence-corrected chi connectivity index (χ2v) is 5.82. The van der Waals surface area contributed by atoms with Crippen LogP contribution in [-0.2, 0) is 22.6 Å². The van der Waals surface area contributed by atoms with Crippen LogP contribution in [0.1, 0.15) is 11.1 Å². The summed E-state index contributed by atoms with van der Waals surface area (Å²) in [4.78, 5) is 22.1. The van der Waals surface area contributed by atoms with Crippen LogP contribution in [-0.4, -0.2) is 10.9 Å². The van der Waals surface area contributed by atoms with E-state index in [1.807, 2.05) is 30.3 Å². The summed E-state index contributed by atoms with van der Waals surface area (Å²) in [5, 5.41) is 10.6. The van der Waals surface area contributed by atoms with Crippen LogP contribution < -0.4 is 4.74 Å². The molecule has 0 aliphatic rings. The van der Waals surface area contributed by atoms with Crippen LogP contribution in [0.3, 0.4) is 0 Å². The second-order valence-electron chi connectivity index (χ2n) is 5.82. The fourth-order valence-corrected chi connectivity index (χ4v) is 2.40. The van der Waals surface area contributed by atoms with Crippen LogP contribution >= 0.6 is 0 Å². The van der Waals surface area contributed by atoms with Crippen LogP contribution in [0.25, 0.3) is 0 Å². The smallest absolute Gasteiger partial charge is 0.310 e. The lowest BCUT2D eigenvalue weighted by Gasteiger charge is -2.08. The highest BCUT2D eigenvalue weighted by Crippen LogP contribution is 2.24. The minimum Gasteiger partial charge on any atom is -0.461 e. The minimum absolute atomic E-state index is 0.00927. The van der Waals surface area contributed by atoms with Gasteiger partial charge in [0.1, 0.15) is 18.1 Å². The van der Waals surface area contributed by atoms with Crippen molar-refractivity contribution in [2.45, 2.75) is 13.0 Å². The van der Waals surface area contributed by atoms with Gasteiger partial charge in [-0.3, -0.25) is 14.9 Å². The molecule has 3 rings (SSSR count). The number of hydrogen-bond acceptors (Lipinski definition) is 5. The molecular formula is C21H17NO5. The molecule has 0 saturated carbocycles. The Labute approximate surface area is 156 Å². The van der Waals surface area contributed by atoms with E-state index in [0.29, 0.717) is 11.5 Å². The van der Waals surface area contributed by atoms with Gasteiger partial charge in [0.25, 0.3) is 5.69 Å². The summed E-state index contributed by atoms with van der Waals surface area (Å²) >= 11 is 0. The average Bonchev–Trinajstić information content (AvgIpc) is 2.69. The van der Waals surface area contributed by atoms with Crippen molar-refractivity contribution >= 4 is 11.7 Å². The van der Waals surface area contributed by atoms with E-state index in [4.69, 9.17) is 9.47 Å². The highest BCUT2D eigenvalue weighted by Gasteiger charge is 2.07. The zero-order valence-corrected chi connectivity index (χ0v) is 14.4. The Balaban J connectivity index is 1.51. The number of hydrogen-bond donors (Lipinski definition) is 0. The summed E-state index contributed by atoms with van der Waals surface area (Å²) in [6.45, 7) is 0.184. The van der Waals surface area contributed by atoms with Crippen molar-refractivity contribution in [2.24, 2.45) is 0 Å². The lowest BCUT2D eigenvalue weighted by molar-refractivity contribution is -0.384. The van der Waals surface area contributed by atoms with Gasteiger partial charge in [0.15, 0.2) is 0 Å². The van der Waals surface area contributed by atoms with E-state index in [-0.39, 0.29) is 24.7 Å². The van der Waals surface area contributed by atoms with Crippen LogP contribution in [0, 0.1) is 10.1 Å². The Bertz CT molecular complexity index is 906. The Hall–Kier alpha value is -3.67. The summed E-state index contributed by atoms with van der Waals surface area (Å²) in [7, 11) is 0. The predicted octanol–water partition coefficient (Wildman–Crippen LogP) is 4.67. The Kier molecular flexibility index (Phi) is 5.79. The molecule has 6 heteroatoms. The molecule has 0 amide bonds. The number of non-ortho nitro benzene ring substituents is 1. The average molecular weight is 363 g/mol. The van der Waals surface area contributed by atoms with Gasteiger partial charge in [-0.15, -0.1) is 0 Å². The first-order chi connectivity index (χ1) is 13.1. The summed E-state index contributed by atoms with van der Waals surface area (Å²) in [5.74, 6) is 0.804. The van der Waals surface area contributed by atoms with E-state index in [1.165, 1.54) is 24.3 Å². The Morgan fingerprint density at radius 2 is 1.41 bits per heavy atom. The highest BCUT2D eigenvalue weighted by molar-refractivity contribution is 5.72. The van der Waals surface area contributed by atoms with Gasteiger partial charge in [-0.25, -0.2) is 0 Å². The first-order valence-electron chi connectivity index (χ1n) is 8.31. The number of ether oxygens (including phenoxy) is 2. The molecule has 6 nitrogen and oxygen atoms in total. The molecule has 27 heavy (non-hydrogen) atoms. The zero-order chi connectivity index (χ0) is 19.1. The molecule has 3 aromatic rings. The molecule has 0 radical (unpaired) electrons. The van der Waals surface area contributed by atoms with Crippen LogP contribution in [0.15, 0.2) is 78.9 Å². The third kappa shape index (κ3) is 5.40. The molecule has 0 bridgehead atoms. The van der Waals surface area contributed by atoms with Crippen molar-refractivity contribution in [2.75, 3.05) is 0 Å². The maximum absolute atomic E-state index is 11.9. The lowest BCUT2D eigenvalue weighted by atomic mass is 10.1. The number of nitrogens with zero attached hydrogens (tertiary/aromatic N) is 1. The van der Waals surface area contributed by atoms with Gasteiger partial charge < -0.3 is 9.47 Å². The molecule has 0 aliphatic carbocycles. The summed E-state index contributed by atoms with van der Waals surface area (Å²) < 4.78 is 10.9. The quantitative estimate of drug-likeness (QED) is 0.346. The van der Waals surface area contributed by atoms with Crippen LogP contribution in [0.2, 0.25) is 0 Å². The third-order valence-electron chi connectivity index (χ3n) is 3.80. The van der Waals surface area contributed by atoms with Crippen molar-refractivity contribution in [1.29, 1.82) is 0 Å². The van der Waals surface area contributed by atoms with Gasteiger partial charge in [-0.1, -0.05) is 42.5 Å². The monoisotopic (exact) mass is 363 g/mol. The number of nitro groups is 1. The molecule has 0 heterocycles. The molecule has 0 aromatic heterocycles. The molecule has 0 unspecified atom stereocenters. The minimum atomic E-state index is -0.461. The molecule has 0 atom stereocenters. The standard InChI is InChI=1S/C21H17NO5/c23-21(14-16-4-2-1-3-5-16)26-15-17-6-10-19(11-7-17)27-20-12-8-18(9-13-20)22(24)25/h1-13H,14-15H2. The number of carbonyl (C=O) groups is 1. The predicted molar refractivity (Wildman–Crippen MR) is 99.6 cm³/mol. The van der Waals surface area contributed by atoms with Crippen molar-refractivity contribution in [3.05, 3.63) is 100 Å². The number of rotatable bonds is 7. The van der Waals surface area contributed by atoms with Gasteiger partial charge in [-0.2, -0.15) is 0 Å². The van der Waals surface area contributed by atoms with Gasteiger partial charge in [-0.05, 0) is 35.4 Å². The molecule has 3 aromatic carbocycles. The van der Waals surface area contributed by atoms with E-state index in [2.05, 4.69) is 0 Å². The Morgan fingerprint density at radius 3 is 2.00 bits per heavy atom. The fraction of sp³-hybridized carbons (Fsp3) is 0.0952. The molecule has 0 N–H and O–H groups in total. The van der Waals surface area contributed by atoms with Gasteiger partial charge in [0.05, 0.1) is 11.3 Å². The maximum Gasteiger partial charge on any atom is 0.310 e. The van der Waals surface area contributed by atoms with Crippen molar-refractivity contribution in [3.8, 4) is 11.5 Å². The van der Waals surface area contributed by atoms with E-state index in [9.17, 15) is 14.9 Å². The van der Waals surface area contributed by atoms with Crippen LogP contribution in [0.5, 0.6) is 11.5 Å². The third-order valence-corrected chi connectivity index (χ3v) is 3.80. The Morgan fingerprint density at radius 1 is 0.815 bits per heavy atom. The normalized spacial score (nSPS) is 10.2. The fourth-order valence-electron chi connectivity index (χ4n) is 2.40. The largest absolute Gasteiger partial charge is 0.461 e. The number of benzene rings is 3. The molecule has 0 saturated heterocycles. The van der Waals surface area contributed by atoms with Crippen molar-refractivity contribution < 1.29 is 19.2 Å². The maximum atomic E-state index is 11.9. The first kappa shape index (κ1) is 18.1. The van der Waals surface area contributed by atoms with Gasteiger partial charge in [0.2, 0.25) is 0 Å². The number of carbonyl (C=O) groups excluding carboxylic acids is 1. The molecule has 0 fully saturated rings. The van der Waals surface area contributed by atoms with E-state index in [0.717, 1.165) is 11.1 Å². The highest BCUT2D eigenvalue weighted by atomic mass is 16.6. The molecule has 0 spiro atoms. The summed E-state index contributed by atoms with van der Waals surface area (Å²) in [5.41, 5.74) is 1.76. The zero-order valence-electron chi connectivity index (χ0n) is 14.4. The van der Waals surface area contributed by atoms with Gasteiger partial charge in [0, 0.05) is 12.1 Å². The van der Waals surface area contributed by atoms with E-state index >= 15 is 0 Å². The van der Waals surface area contributed by atoms with E-state index in [1.54, 1.807) is 24.3 Å². The number of nitro benzene ring substituents is 1. The molecule has 0 aliphatic heterocycles. The van der Waals surface area contributed by atoms with E-state index < -0.39 is 4.92 Å². The van der Waals surface area contributed by atoms with Crippen molar-refractivity contribution in [3.63, 3.8) is 0 Å². The summed E-state index contributed by atoms with van der Waals surface area (Å²) in [6, 6.07) is 22.4. The summed E-state index contributed by atoms with van der Waals surface area (Å²) in [6.07, 6.45) is 0.238. The topological polar surface area (TPSA) is 78.7 Å². The molecule has 136 valence electrons. The lowest BCUT2D eigenvalue weighted by Crippen LogP contribution is -2.07. The second kappa shape index (κ2) is 8.62. The van der Waals surface area contributed by atoms with Crippen LogP contribution in [0.4, 0.5) is 5.69 Å². The molecular weight excluding hydrogens is 346 g/mol. The van der Waals surface area contributed by atoms with Crippen molar-refractivity contribution in [1.82, 2.24) is 0 Å².